The summed E-state index contributed by atoms with van der Waals surface area (Å²) in [5.41, 5.74) is 1.85. The van der Waals surface area contributed by atoms with Crippen LogP contribution in [0.2, 0.25) is 0 Å². The Labute approximate surface area is 156 Å². The number of piperidine rings is 1. The van der Waals surface area contributed by atoms with Crippen molar-refractivity contribution in [3.05, 3.63) is 59.1 Å². The Morgan fingerprint density at radius 3 is 2.76 bits per heavy atom. The second kappa shape index (κ2) is 7.18. The topological polar surface area (TPSA) is 33.2 Å². The molecule has 4 rings (SSSR count). The highest BCUT2D eigenvalue weighted by molar-refractivity contribution is 7.98. The minimum Gasteiger partial charge on any atom is -0.338 e. The number of nitrogens with zero attached hydrogens (tertiary/aromatic N) is 2. The standard InChI is InChI=1S/C20H20N2OS2/c1-24-16-10-8-14(9-11-16)20(23)22-12-4-5-15(13-22)19-21-17-6-2-3-7-18(17)25-19/h2-3,6-11,15H,4-5,12-13H2,1H3/t15-/m0/s1. The smallest absolute Gasteiger partial charge is 0.253 e. The van der Waals surface area contributed by atoms with Crippen molar-refractivity contribution in [1.29, 1.82) is 0 Å². The van der Waals surface area contributed by atoms with Gasteiger partial charge in [-0.25, -0.2) is 4.98 Å². The first kappa shape index (κ1) is 16.6. The summed E-state index contributed by atoms with van der Waals surface area (Å²) in [6.07, 6.45) is 4.19. The molecule has 5 heteroatoms. The summed E-state index contributed by atoms with van der Waals surface area (Å²) >= 11 is 3.46. The number of thiazole rings is 1. The highest BCUT2D eigenvalue weighted by Gasteiger charge is 2.27. The number of carbonyl (C=O) groups excluding carboxylic acids is 1. The molecule has 1 aliphatic heterocycles. The molecule has 1 fully saturated rings. The summed E-state index contributed by atoms with van der Waals surface area (Å²) in [7, 11) is 0. The largest absolute Gasteiger partial charge is 0.338 e. The Hall–Kier alpha value is -1.85. The van der Waals surface area contributed by atoms with Gasteiger partial charge in [-0.3, -0.25) is 4.79 Å². The van der Waals surface area contributed by atoms with E-state index in [1.807, 2.05) is 41.5 Å². The van der Waals surface area contributed by atoms with Crippen molar-refractivity contribution in [2.75, 3.05) is 19.3 Å². The molecule has 0 radical (unpaired) electrons. The molecule has 0 bridgehead atoms. The maximum absolute atomic E-state index is 12.9. The second-order valence-electron chi connectivity index (χ2n) is 6.34. The highest BCUT2D eigenvalue weighted by atomic mass is 32.2. The summed E-state index contributed by atoms with van der Waals surface area (Å²) < 4.78 is 1.23. The van der Waals surface area contributed by atoms with Gasteiger partial charge in [0.2, 0.25) is 0 Å². The van der Waals surface area contributed by atoms with E-state index >= 15 is 0 Å². The molecule has 1 atom stereocenters. The molecule has 2 aromatic carbocycles. The number of carbonyl (C=O) groups is 1. The molecule has 128 valence electrons. The van der Waals surface area contributed by atoms with E-state index in [0.717, 1.165) is 42.0 Å². The zero-order valence-corrected chi connectivity index (χ0v) is 15.8. The van der Waals surface area contributed by atoms with E-state index in [0.29, 0.717) is 5.92 Å². The number of hydrogen-bond acceptors (Lipinski definition) is 4. The zero-order chi connectivity index (χ0) is 17.2. The molecule has 0 aliphatic carbocycles. The first-order valence-corrected chi connectivity index (χ1v) is 10.6. The number of hydrogen-bond donors (Lipinski definition) is 0. The fourth-order valence-electron chi connectivity index (χ4n) is 3.34. The van der Waals surface area contributed by atoms with E-state index < -0.39 is 0 Å². The summed E-state index contributed by atoms with van der Waals surface area (Å²) in [4.78, 5) is 20.8. The first-order chi connectivity index (χ1) is 12.2. The van der Waals surface area contributed by atoms with Crippen molar-refractivity contribution in [3.8, 4) is 0 Å². The highest BCUT2D eigenvalue weighted by Crippen LogP contribution is 2.33. The lowest BCUT2D eigenvalue weighted by atomic mass is 9.98. The van der Waals surface area contributed by atoms with E-state index in [1.165, 1.54) is 9.60 Å². The lowest BCUT2D eigenvalue weighted by molar-refractivity contribution is 0.0707. The third kappa shape index (κ3) is 3.44. The minimum absolute atomic E-state index is 0.137. The lowest BCUT2D eigenvalue weighted by Gasteiger charge is -2.32. The Morgan fingerprint density at radius 1 is 1.20 bits per heavy atom. The molecule has 3 nitrogen and oxygen atoms in total. The maximum Gasteiger partial charge on any atom is 0.253 e. The summed E-state index contributed by atoms with van der Waals surface area (Å²) in [5, 5.41) is 1.16. The van der Waals surface area contributed by atoms with Gasteiger partial charge in [0.15, 0.2) is 0 Å². The summed E-state index contributed by atoms with van der Waals surface area (Å²) in [6, 6.07) is 16.2. The van der Waals surface area contributed by atoms with E-state index in [1.54, 1.807) is 23.1 Å². The molecular formula is C20H20N2OS2. The number of likely N-dealkylation sites (tertiary alicyclic amines) is 1. The number of benzene rings is 2. The van der Waals surface area contributed by atoms with Crippen LogP contribution in [-0.2, 0) is 0 Å². The summed E-state index contributed by atoms with van der Waals surface area (Å²) in [5.74, 6) is 0.485. The fourth-order valence-corrected chi connectivity index (χ4v) is 4.85. The molecule has 0 unspecified atom stereocenters. The Morgan fingerprint density at radius 2 is 2.00 bits per heavy atom. The third-order valence-corrected chi connectivity index (χ3v) is 6.65. The molecule has 1 aliphatic rings. The van der Waals surface area contributed by atoms with Crippen molar-refractivity contribution >= 4 is 39.2 Å². The Bertz CT molecular complexity index is 855. The molecular weight excluding hydrogens is 348 g/mol. The molecule has 25 heavy (non-hydrogen) atoms. The lowest BCUT2D eigenvalue weighted by Crippen LogP contribution is -2.39. The van der Waals surface area contributed by atoms with Crippen LogP contribution in [0.15, 0.2) is 53.4 Å². The number of para-hydroxylation sites is 1. The van der Waals surface area contributed by atoms with Gasteiger partial charge in [0.05, 0.1) is 15.2 Å². The van der Waals surface area contributed by atoms with Crippen molar-refractivity contribution in [2.24, 2.45) is 0 Å². The van der Waals surface area contributed by atoms with Crippen LogP contribution in [0.4, 0.5) is 0 Å². The molecule has 0 saturated carbocycles. The van der Waals surface area contributed by atoms with Crippen molar-refractivity contribution < 1.29 is 4.79 Å². The Kier molecular flexibility index (Phi) is 4.77. The number of fused-ring (bicyclic) bond motifs is 1. The average Bonchev–Trinajstić information content (AvgIpc) is 3.12. The van der Waals surface area contributed by atoms with E-state index in [9.17, 15) is 4.79 Å². The van der Waals surface area contributed by atoms with Gasteiger partial charge in [0, 0.05) is 29.5 Å². The van der Waals surface area contributed by atoms with Gasteiger partial charge in [-0.1, -0.05) is 12.1 Å². The SMILES string of the molecule is CSc1ccc(C(=O)N2CCC[C@H](c3nc4ccccc4s3)C2)cc1. The normalized spacial score (nSPS) is 17.8. The predicted molar refractivity (Wildman–Crippen MR) is 106 cm³/mol. The first-order valence-electron chi connectivity index (χ1n) is 8.53. The number of aromatic nitrogens is 1. The monoisotopic (exact) mass is 368 g/mol. The average molecular weight is 369 g/mol. The van der Waals surface area contributed by atoms with Gasteiger partial charge in [-0.05, 0) is 55.5 Å². The van der Waals surface area contributed by atoms with Crippen LogP contribution in [0.5, 0.6) is 0 Å². The number of rotatable bonds is 3. The number of amides is 1. The quantitative estimate of drug-likeness (QED) is 0.607. The van der Waals surface area contributed by atoms with Gasteiger partial charge in [-0.15, -0.1) is 23.1 Å². The van der Waals surface area contributed by atoms with Crippen molar-refractivity contribution in [1.82, 2.24) is 9.88 Å². The molecule has 0 spiro atoms. The molecule has 2 heterocycles. The van der Waals surface area contributed by atoms with Crippen LogP contribution in [-0.4, -0.2) is 35.1 Å². The van der Waals surface area contributed by atoms with Crippen LogP contribution in [0.25, 0.3) is 10.2 Å². The van der Waals surface area contributed by atoms with Gasteiger partial charge in [0.25, 0.3) is 5.91 Å². The fraction of sp³-hybridized carbons (Fsp3) is 0.300. The van der Waals surface area contributed by atoms with Gasteiger partial charge in [-0.2, -0.15) is 0 Å². The predicted octanol–water partition coefficient (Wildman–Crippen LogP) is 5.04. The molecule has 1 amide bonds. The zero-order valence-electron chi connectivity index (χ0n) is 14.1. The van der Waals surface area contributed by atoms with Crippen LogP contribution < -0.4 is 0 Å². The van der Waals surface area contributed by atoms with Crippen LogP contribution in [0.3, 0.4) is 0 Å². The maximum atomic E-state index is 12.9. The molecule has 1 aromatic heterocycles. The van der Waals surface area contributed by atoms with E-state index in [2.05, 4.69) is 18.2 Å². The number of thioether (sulfide) groups is 1. The third-order valence-electron chi connectivity index (χ3n) is 4.71. The van der Waals surface area contributed by atoms with Crippen LogP contribution in [0, 0.1) is 0 Å². The van der Waals surface area contributed by atoms with Gasteiger partial charge >= 0.3 is 0 Å². The minimum atomic E-state index is 0.137. The van der Waals surface area contributed by atoms with Gasteiger partial charge < -0.3 is 4.90 Å². The van der Waals surface area contributed by atoms with E-state index in [4.69, 9.17) is 4.98 Å². The van der Waals surface area contributed by atoms with Crippen molar-refractivity contribution in [3.63, 3.8) is 0 Å². The van der Waals surface area contributed by atoms with Gasteiger partial charge in [0.1, 0.15) is 0 Å². The van der Waals surface area contributed by atoms with Crippen LogP contribution in [0.1, 0.15) is 34.1 Å². The second-order valence-corrected chi connectivity index (χ2v) is 8.28. The van der Waals surface area contributed by atoms with Crippen molar-refractivity contribution in [2.45, 2.75) is 23.7 Å². The van der Waals surface area contributed by atoms with Crippen LogP contribution >= 0.6 is 23.1 Å². The summed E-state index contributed by atoms with van der Waals surface area (Å²) in [6.45, 7) is 1.60. The Balaban J connectivity index is 1.52. The molecule has 0 N–H and O–H groups in total. The molecule has 1 saturated heterocycles. The van der Waals surface area contributed by atoms with E-state index in [-0.39, 0.29) is 5.91 Å². The molecule has 3 aromatic rings.